The summed E-state index contributed by atoms with van der Waals surface area (Å²) in [5, 5.41) is -0.210. The second-order valence-electron chi connectivity index (χ2n) is 5.62. The highest BCUT2D eigenvalue weighted by Gasteiger charge is 2.24. The van der Waals surface area contributed by atoms with Gasteiger partial charge in [-0.1, -0.05) is 17.7 Å². The van der Waals surface area contributed by atoms with E-state index in [4.69, 9.17) is 0 Å². The Labute approximate surface area is 135 Å². The number of nitrogens with one attached hydrogen (secondary N) is 1. The van der Waals surface area contributed by atoms with Gasteiger partial charge in [0.2, 0.25) is 0 Å². The molecule has 0 saturated heterocycles. The maximum Gasteiger partial charge on any atom is 0.192 e. The third-order valence-electron chi connectivity index (χ3n) is 3.71. The van der Waals surface area contributed by atoms with E-state index >= 15 is 0 Å². The summed E-state index contributed by atoms with van der Waals surface area (Å²) in [5.74, 6) is 0.0175. The first kappa shape index (κ1) is 16.6. The summed E-state index contributed by atoms with van der Waals surface area (Å²) in [7, 11) is 0. The topological polar surface area (TPSA) is 49.9 Å². The molecule has 0 amide bonds. The van der Waals surface area contributed by atoms with Crippen LogP contribution in [0.3, 0.4) is 0 Å². The van der Waals surface area contributed by atoms with E-state index in [2.05, 4.69) is 11.1 Å². The third kappa shape index (κ3) is 3.33. The highest BCUT2D eigenvalue weighted by Crippen LogP contribution is 2.28. The predicted octanol–water partition coefficient (Wildman–Crippen LogP) is 4.51. The Morgan fingerprint density at radius 3 is 2.41 bits per heavy atom. The summed E-state index contributed by atoms with van der Waals surface area (Å²) < 4.78 is 0. The number of hydrogen-bond acceptors (Lipinski definition) is 3. The SMILES string of the molecule is CC(=O)c1c(C)[nH]c(C(=O)C(C)Sc2cccc(C)c2)c1C. The van der Waals surface area contributed by atoms with Crippen LogP contribution < -0.4 is 0 Å². The maximum absolute atomic E-state index is 12.7. The van der Waals surface area contributed by atoms with Crippen LogP contribution in [0.4, 0.5) is 0 Å². The molecule has 0 fully saturated rings. The lowest BCUT2D eigenvalue weighted by molar-refractivity contribution is 0.0988. The Kier molecular flexibility index (Phi) is 4.91. The van der Waals surface area contributed by atoms with Crippen molar-refractivity contribution in [3.05, 3.63) is 52.3 Å². The second kappa shape index (κ2) is 6.53. The second-order valence-corrected chi connectivity index (χ2v) is 7.04. The Morgan fingerprint density at radius 1 is 1.18 bits per heavy atom. The van der Waals surface area contributed by atoms with Gasteiger partial charge in [0.25, 0.3) is 0 Å². The first-order chi connectivity index (χ1) is 10.3. The molecule has 4 heteroatoms. The van der Waals surface area contributed by atoms with Gasteiger partial charge >= 0.3 is 0 Å². The van der Waals surface area contributed by atoms with Crippen LogP contribution in [0.1, 0.15) is 51.5 Å². The van der Waals surface area contributed by atoms with E-state index in [0.717, 1.165) is 16.2 Å². The summed E-state index contributed by atoms with van der Waals surface area (Å²) in [6.45, 7) is 9.13. The molecule has 1 unspecified atom stereocenters. The van der Waals surface area contributed by atoms with Gasteiger partial charge in [-0.2, -0.15) is 0 Å². The van der Waals surface area contributed by atoms with Gasteiger partial charge in [-0.3, -0.25) is 9.59 Å². The molecule has 1 N–H and O–H groups in total. The zero-order chi connectivity index (χ0) is 16.4. The highest BCUT2D eigenvalue weighted by atomic mass is 32.2. The standard InChI is InChI=1S/C18H21NO2S/c1-10-7-6-8-15(9-10)22-14(5)18(21)17-11(2)16(13(4)20)12(3)19-17/h6-9,14,19H,1-5H3. The first-order valence-corrected chi connectivity index (χ1v) is 8.17. The van der Waals surface area contributed by atoms with Gasteiger partial charge in [-0.15, -0.1) is 11.8 Å². The maximum atomic E-state index is 12.7. The highest BCUT2D eigenvalue weighted by molar-refractivity contribution is 8.00. The normalized spacial score (nSPS) is 12.2. The summed E-state index contributed by atoms with van der Waals surface area (Å²) >= 11 is 1.54. The summed E-state index contributed by atoms with van der Waals surface area (Å²) in [4.78, 5) is 28.5. The number of Topliss-reactive ketones (excluding diaryl/α,β-unsaturated/α-hetero) is 2. The van der Waals surface area contributed by atoms with Crippen LogP contribution in [0.25, 0.3) is 0 Å². The largest absolute Gasteiger partial charge is 0.355 e. The average Bonchev–Trinajstić information content (AvgIpc) is 2.73. The monoisotopic (exact) mass is 315 g/mol. The van der Waals surface area contributed by atoms with Gasteiger partial charge in [-0.25, -0.2) is 0 Å². The molecule has 1 aromatic heterocycles. The zero-order valence-corrected chi connectivity index (χ0v) is 14.4. The lowest BCUT2D eigenvalue weighted by atomic mass is 10.0. The molecule has 0 aliphatic carbocycles. The quantitative estimate of drug-likeness (QED) is 0.652. The number of carbonyl (C=O) groups excluding carboxylic acids is 2. The van der Waals surface area contributed by atoms with Crippen molar-refractivity contribution in [3.63, 3.8) is 0 Å². The van der Waals surface area contributed by atoms with Crippen molar-refractivity contribution in [1.29, 1.82) is 0 Å². The molecule has 1 aromatic carbocycles. The smallest absolute Gasteiger partial charge is 0.192 e. The third-order valence-corrected chi connectivity index (χ3v) is 4.80. The van der Waals surface area contributed by atoms with Crippen LogP contribution in [0, 0.1) is 20.8 Å². The fourth-order valence-electron chi connectivity index (χ4n) is 2.67. The molecule has 0 saturated carbocycles. The lowest BCUT2D eigenvalue weighted by Crippen LogP contribution is -2.15. The number of H-pyrrole nitrogens is 1. The number of benzene rings is 1. The van der Waals surface area contributed by atoms with Gasteiger partial charge in [0.1, 0.15) is 0 Å². The van der Waals surface area contributed by atoms with Crippen molar-refractivity contribution < 1.29 is 9.59 Å². The minimum atomic E-state index is -0.210. The van der Waals surface area contributed by atoms with E-state index in [1.807, 2.05) is 45.9 Å². The fourth-order valence-corrected chi connectivity index (χ4v) is 3.72. The molecule has 3 nitrogen and oxygen atoms in total. The van der Waals surface area contributed by atoms with Crippen molar-refractivity contribution in [2.45, 2.75) is 44.8 Å². The lowest BCUT2D eigenvalue weighted by Gasteiger charge is -2.10. The number of hydrogen-bond donors (Lipinski definition) is 1. The fraction of sp³-hybridized carbons (Fsp3) is 0.333. The molecule has 116 valence electrons. The summed E-state index contributed by atoms with van der Waals surface area (Å²) in [5.41, 5.74) is 3.88. The summed E-state index contributed by atoms with van der Waals surface area (Å²) in [6, 6.07) is 8.11. The Bertz CT molecular complexity index is 731. The van der Waals surface area contributed by atoms with E-state index in [9.17, 15) is 9.59 Å². The van der Waals surface area contributed by atoms with Crippen LogP contribution in [0.2, 0.25) is 0 Å². The van der Waals surface area contributed by atoms with Crippen molar-refractivity contribution in [3.8, 4) is 0 Å². The van der Waals surface area contributed by atoms with E-state index in [1.54, 1.807) is 0 Å². The molecule has 0 aliphatic rings. The number of carbonyl (C=O) groups is 2. The Hall–Kier alpha value is -1.81. The molecule has 2 rings (SSSR count). The molecule has 1 atom stereocenters. The number of aromatic nitrogens is 1. The number of thioether (sulfide) groups is 1. The first-order valence-electron chi connectivity index (χ1n) is 7.29. The number of aryl methyl sites for hydroxylation is 2. The Morgan fingerprint density at radius 2 is 1.86 bits per heavy atom. The van der Waals surface area contributed by atoms with Gasteiger partial charge < -0.3 is 4.98 Å². The number of ketones is 2. The van der Waals surface area contributed by atoms with Crippen LogP contribution >= 0.6 is 11.8 Å². The van der Waals surface area contributed by atoms with Gasteiger partial charge in [0.15, 0.2) is 11.6 Å². The molecule has 0 aliphatic heterocycles. The molecular formula is C18H21NO2S. The molecule has 1 heterocycles. The van der Waals surface area contributed by atoms with Gasteiger partial charge in [-0.05, 0) is 52.3 Å². The molecular weight excluding hydrogens is 294 g/mol. The van der Waals surface area contributed by atoms with E-state index in [-0.39, 0.29) is 16.8 Å². The molecule has 0 spiro atoms. The van der Waals surface area contributed by atoms with Crippen LogP contribution in [0.5, 0.6) is 0 Å². The Balaban J connectivity index is 2.24. The van der Waals surface area contributed by atoms with E-state index in [1.165, 1.54) is 24.2 Å². The molecule has 2 aromatic rings. The molecule has 22 heavy (non-hydrogen) atoms. The van der Waals surface area contributed by atoms with Crippen molar-refractivity contribution in [2.24, 2.45) is 0 Å². The average molecular weight is 315 g/mol. The predicted molar refractivity (Wildman–Crippen MR) is 91.1 cm³/mol. The number of aromatic amines is 1. The van der Waals surface area contributed by atoms with E-state index in [0.29, 0.717) is 11.3 Å². The minimum Gasteiger partial charge on any atom is -0.355 e. The van der Waals surface area contributed by atoms with Crippen molar-refractivity contribution >= 4 is 23.3 Å². The minimum absolute atomic E-state index is 0.00992. The van der Waals surface area contributed by atoms with Crippen molar-refractivity contribution in [1.82, 2.24) is 4.98 Å². The number of rotatable bonds is 5. The summed E-state index contributed by atoms with van der Waals surface area (Å²) in [6.07, 6.45) is 0. The van der Waals surface area contributed by atoms with Crippen molar-refractivity contribution in [2.75, 3.05) is 0 Å². The van der Waals surface area contributed by atoms with Gasteiger partial charge in [0.05, 0.1) is 10.9 Å². The van der Waals surface area contributed by atoms with Crippen LogP contribution in [-0.2, 0) is 0 Å². The van der Waals surface area contributed by atoms with E-state index < -0.39 is 0 Å². The van der Waals surface area contributed by atoms with Crippen LogP contribution in [0.15, 0.2) is 29.2 Å². The van der Waals surface area contributed by atoms with Gasteiger partial charge in [0, 0.05) is 16.2 Å². The molecule has 0 radical (unpaired) electrons. The zero-order valence-electron chi connectivity index (χ0n) is 13.6. The molecule has 0 bridgehead atoms. The van der Waals surface area contributed by atoms with Crippen LogP contribution in [-0.4, -0.2) is 21.8 Å².